The Morgan fingerprint density at radius 2 is 2.00 bits per heavy atom. The number of likely N-dealkylation sites (tertiary alicyclic amines) is 1. The molecule has 1 fully saturated rings. The Bertz CT molecular complexity index is 132. The molecule has 1 heterocycles. The molecule has 0 spiro atoms. The third kappa shape index (κ3) is 4.40. The zero-order valence-corrected chi connectivity index (χ0v) is 9.47. The van der Waals surface area contributed by atoms with E-state index in [-0.39, 0.29) is 0 Å². The summed E-state index contributed by atoms with van der Waals surface area (Å²) in [4.78, 5) is 2.60. The normalized spacial score (nSPS) is 21.0. The third-order valence-corrected chi connectivity index (χ3v) is 3.01. The third-order valence-electron chi connectivity index (χ3n) is 3.01. The summed E-state index contributed by atoms with van der Waals surface area (Å²) >= 11 is 0. The van der Waals surface area contributed by atoms with Gasteiger partial charge < -0.3 is 11.1 Å². The lowest BCUT2D eigenvalue weighted by atomic mass is 10.1. The molecule has 3 N–H and O–H groups in total. The van der Waals surface area contributed by atoms with Crippen LogP contribution in [0, 0.1) is 0 Å². The predicted molar refractivity (Wildman–Crippen MR) is 61.4 cm³/mol. The van der Waals surface area contributed by atoms with Crippen LogP contribution in [-0.4, -0.2) is 43.7 Å². The van der Waals surface area contributed by atoms with Gasteiger partial charge in [0.05, 0.1) is 0 Å². The van der Waals surface area contributed by atoms with Gasteiger partial charge in [0.15, 0.2) is 0 Å². The number of rotatable bonds is 6. The first kappa shape index (κ1) is 12.0. The second-order valence-corrected chi connectivity index (χ2v) is 4.29. The molecule has 1 unspecified atom stereocenters. The summed E-state index contributed by atoms with van der Waals surface area (Å²) in [6, 6.07) is 0.688. The van der Waals surface area contributed by atoms with Crippen molar-refractivity contribution in [2.75, 3.05) is 32.7 Å². The molecule has 0 aliphatic carbocycles. The highest BCUT2D eigenvalue weighted by atomic mass is 15.2. The molecule has 1 aliphatic rings. The van der Waals surface area contributed by atoms with E-state index in [1.165, 1.54) is 32.4 Å². The molecule has 1 saturated heterocycles. The summed E-state index contributed by atoms with van der Waals surface area (Å²) in [5.74, 6) is 0. The molecule has 0 aromatic rings. The summed E-state index contributed by atoms with van der Waals surface area (Å²) in [6.45, 7) is 7.88. The van der Waals surface area contributed by atoms with Crippen LogP contribution in [0.3, 0.4) is 0 Å². The topological polar surface area (TPSA) is 41.3 Å². The molecule has 0 aromatic heterocycles. The Morgan fingerprint density at radius 1 is 1.29 bits per heavy atom. The Labute approximate surface area is 88.0 Å². The van der Waals surface area contributed by atoms with Crippen molar-refractivity contribution in [1.29, 1.82) is 0 Å². The highest BCUT2D eigenvalue weighted by molar-refractivity contribution is 4.73. The van der Waals surface area contributed by atoms with Crippen LogP contribution in [0.25, 0.3) is 0 Å². The maximum absolute atomic E-state index is 5.44. The van der Waals surface area contributed by atoms with Crippen molar-refractivity contribution in [3.05, 3.63) is 0 Å². The van der Waals surface area contributed by atoms with Crippen LogP contribution in [0.2, 0.25) is 0 Å². The summed E-state index contributed by atoms with van der Waals surface area (Å²) in [5.41, 5.74) is 5.44. The summed E-state index contributed by atoms with van der Waals surface area (Å²) < 4.78 is 0. The van der Waals surface area contributed by atoms with Gasteiger partial charge in [0, 0.05) is 12.6 Å². The van der Waals surface area contributed by atoms with Crippen LogP contribution in [0.5, 0.6) is 0 Å². The fraction of sp³-hybridized carbons (Fsp3) is 1.00. The van der Waals surface area contributed by atoms with Crippen LogP contribution < -0.4 is 11.1 Å². The molecular weight excluding hydrogens is 174 g/mol. The second kappa shape index (κ2) is 7.21. The van der Waals surface area contributed by atoms with E-state index in [0.29, 0.717) is 6.04 Å². The standard InChI is InChI=1S/C11H25N3/c1-11(10-13-7-5-6-12)14-8-3-2-4-9-14/h11,13H,2-10,12H2,1H3. The zero-order chi connectivity index (χ0) is 10.2. The minimum Gasteiger partial charge on any atom is -0.330 e. The van der Waals surface area contributed by atoms with E-state index < -0.39 is 0 Å². The number of hydrogen-bond acceptors (Lipinski definition) is 3. The van der Waals surface area contributed by atoms with Crippen LogP contribution in [-0.2, 0) is 0 Å². The Hall–Kier alpha value is -0.120. The van der Waals surface area contributed by atoms with E-state index in [1.54, 1.807) is 0 Å². The molecule has 0 radical (unpaired) electrons. The van der Waals surface area contributed by atoms with Crippen molar-refractivity contribution < 1.29 is 0 Å². The fourth-order valence-corrected chi connectivity index (χ4v) is 2.03. The highest BCUT2D eigenvalue weighted by Gasteiger charge is 2.15. The van der Waals surface area contributed by atoms with E-state index in [4.69, 9.17) is 5.73 Å². The first-order valence-corrected chi connectivity index (χ1v) is 5.99. The van der Waals surface area contributed by atoms with Crippen molar-refractivity contribution >= 4 is 0 Å². The van der Waals surface area contributed by atoms with Crippen molar-refractivity contribution in [3.63, 3.8) is 0 Å². The molecule has 1 aliphatic heterocycles. The molecule has 3 heteroatoms. The van der Waals surface area contributed by atoms with Crippen LogP contribution >= 0.6 is 0 Å². The van der Waals surface area contributed by atoms with Gasteiger partial charge in [0.25, 0.3) is 0 Å². The summed E-state index contributed by atoms with van der Waals surface area (Å²) in [5, 5.41) is 3.46. The zero-order valence-electron chi connectivity index (χ0n) is 9.47. The van der Waals surface area contributed by atoms with Crippen molar-refractivity contribution in [2.24, 2.45) is 5.73 Å². The van der Waals surface area contributed by atoms with Gasteiger partial charge in [-0.1, -0.05) is 6.42 Å². The minimum absolute atomic E-state index is 0.688. The van der Waals surface area contributed by atoms with Crippen molar-refractivity contribution in [2.45, 2.75) is 38.6 Å². The van der Waals surface area contributed by atoms with Crippen molar-refractivity contribution in [1.82, 2.24) is 10.2 Å². The lowest BCUT2D eigenvalue weighted by Gasteiger charge is -2.32. The Balaban J connectivity index is 2.04. The molecule has 0 aromatic carbocycles. The van der Waals surface area contributed by atoms with Gasteiger partial charge in [0.2, 0.25) is 0 Å². The monoisotopic (exact) mass is 199 g/mol. The number of nitrogens with zero attached hydrogens (tertiary/aromatic N) is 1. The molecule has 0 amide bonds. The Morgan fingerprint density at radius 3 is 2.64 bits per heavy atom. The molecule has 14 heavy (non-hydrogen) atoms. The van der Waals surface area contributed by atoms with Gasteiger partial charge in [0.1, 0.15) is 0 Å². The van der Waals surface area contributed by atoms with Crippen LogP contribution in [0.15, 0.2) is 0 Å². The maximum atomic E-state index is 5.44. The van der Waals surface area contributed by atoms with Gasteiger partial charge >= 0.3 is 0 Å². The fourth-order valence-electron chi connectivity index (χ4n) is 2.03. The SMILES string of the molecule is CC(CNCCCN)N1CCCCC1. The van der Waals surface area contributed by atoms with Gasteiger partial charge in [-0.05, 0) is 52.4 Å². The maximum Gasteiger partial charge on any atom is 0.0192 e. The molecular formula is C11H25N3. The molecule has 84 valence electrons. The quantitative estimate of drug-likeness (QED) is 0.622. The number of hydrogen-bond donors (Lipinski definition) is 2. The molecule has 1 atom stereocenters. The average Bonchev–Trinajstić information content (AvgIpc) is 2.25. The first-order valence-electron chi connectivity index (χ1n) is 5.99. The van der Waals surface area contributed by atoms with E-state index in [0.717, 1.165) is 26.1 Å². The van der Waals surface area contributed by atoms with Crippen LogP contribution in [0.4, 0.5) is 0 Å². The molecule has 0 bridgehead atoms. The van der Waals surface area contributed by atoms with E-state index in [1.807, 2.05) is 0 Å². The molecule has 0 saturated carbocycles. The van der Waals surface area contributed by atoms with E-state index in [9.17, 15) is 0 Å². The van der Waals surface area contributed by atoms with Gasteiger partial charge in [-0.2, -0.15) is 0 Å². The minimum atomic E-state index is 0.688. The number of nitrogens with one attached hydrogen (secondary N) is 1. The first-order chi connectivity index (χ1) is 6.84. The number of piperidine rings is 1. The summed E-state index contributed by atoms with van der Waals surface area (Å²) in [6.07, 6.45) is 5.27. The lowest BCUT2D eigenvalue weighted by Crippen LogP contribution is -2.43. The predicted octanol–water partition coefficient (Wildman–Crippen LogP) is 0.799. The largest absolute Gasteiger partial charge is 0.330 e. The Kier molecular flexibility index (Phi) is 6.15. The summed E-state index contributed by atoms with van der Waals surface area (Å²) in [7, 11) is 0. The molecule has 3 nitrogen and oxygen atoms in total. The van der Waals surface area contributed by atoms with Gasteiger partial charge in [-0.3, -0.25) is 4.90 Å². The number of nitrogens with two attached hydrogens (primary N) is 1. The average molecular weight is 199 g/mol. The lowest BCUT2D eigenvalue weighted by molar-refractivity contribution is 0.171. The van der Waals surface area contributed by atoms with Gasteiger partial charge in [-0.25, -0.2) is 0 Å². The second-order valence-electron chi connectivity index (χ2n) is 4.29. The molecule has 1 rings (SSSR count). The van der Waals surface area contributed by atoms with Crippen LogP contribution in [0.1, 0.15) is 32.6 Å². The highest BCUT2D eigenvalue weighted by Crippen LogP contribution is 2.11. The smallest absolute Gasteiger partial charge is 0.0192 e. The van der Waals surface area contributed by atoms with E-state index in [2.05, 4.69) is 17.1 Å². The van der Waals surface area contributed by atoms with Crippen molar-refractivity contribution in [3.8, 4) is 0 Å². The van der Waals surface area contributed by atoms with Gasteiger partial charge in [-0.15, -0.1) is 0 Å². The van der Waals surface area contributed by atoms with E-state index >= 15 is 0 Å².